The molecule has 2 aromatic carbocycles. The van der Waals surface area contributed by atoms with Gasteiger partial charge in [0.05, 0.1) is 41.0 Å². The Balaban J connectivity index is 2.24. The molecule has 0 aromatic heterocycles. The Morgan fingerprint density at radius 2 is 1.43 bits per heavy atom. The van der Waals surface area contributed by atoms with E-state index < -0.39 is 0 Å². The Hall–Kier alpha value is -3.29. The van der Waals surface area contributed by atoms with Crippen molar-refractivity contribution in [3.63, 3.8) is 0 Å². The summed E-state index contributed by atoms with van der Waals surface area (Å²) in [6.45, 7) is 2.02. The third-order valence-corrected chi connectivity index (χ3v) is 5.56. The average molecular weight is 418 g/mol. The molecule has 162 valence electrons. The Bertz CT molecular complexity index is 914. The van der Waals surface area contributed by atoms with Crippen LogP contribution in [0.25, 0.3) is 0 Å². The van der Waals surface area contributed by atoms with Crippen molar-refractivity contribution in [3.8, 4) is 34.5 Å². The number of methoxy groups -OCH3 is 4. The maximum atomic E-state index is 12.1. The minimum atomic E-state index is -0.388. The summed E-state index contributed by atoms with van der Waals surface area (Å²) in [7, 11) is 5.97. The van der Waals surface area contributed by atoms with E-state index in [1.807, 2.05) is 6.92 Å². The van der Waals surface area contributed by atoms with Gasteiger partial charge in [0.2, 0.25) is 11.5 Å². The molecule has 0 aliphatic carbocycles. The second-order valence-corrected chi connectivity index (χ2v) is 7.11. The fourth-order valence-electron chi connectivity index (χ4n) is 3.93. The average Bonchev–Trinajstić information content (AvgIpc) is 3.08. The van der Waals surface area contributed by atoms with E-state index in [0.717, 1.165) is 5.56 Å². The Morgan fingerprint density at radius 1 is 0.900 bits per heavy atom. The maximum Gasteiger partial charge on any atom is 0.309 e. The molecule has 0 amide bonds. The largest absolute Gasteiger partial charge is 0.504 e. The van der Waals surface area contributed by atoms with Crippen molar-refractivity contribution in [2.24, 2.45) is 11.8 Å². The van der Waals surface area contributed by atoms with E-state index in [-0.39, 0.29) is 47.6 Å². The summed E-state index contributed by atoms with van der Waals surface area (Å²) < 4.78 is 26.9. The van der Waals surface area contributed by atoms with Crippen LogP contribution in [0.3, 0.4) is 0 Å². The predicted molar refractivity (Wildman–Crippen MR) is 108 cm³/mol. The van der Waals surface area contributed by atoms with Gasteiger partial charge in [-0.2, -0.15) is 0 Å². The minimum Gasteiger partial charge on any atom is -0.504 e. The van der Waals surface area contributed by atoms with Crippen LogP contribution in [0.5, 0.6) is 34.5 Å². The van der Waals surface area contributed by atoms with Crippen molar-refractivity contribution in [1.82, 2.24) is 0 Å². The van der Waals surface area contributed by atoms with Crippen LogP contribution in [0, 0.1) is 11.8 Å². The number of carbonyl (C=O) groups is 1. The first kappa shape index (κ1) is 21.4. The number of rotatable bonds is 7. The number of hydrogen-bond donors (Lipinski definition) is 2. The number of aromatic hydroxyl groups is 2. The van der Waals surface area contributed by atoms with Crippen LogP contribution in [0.2, 0.25) is 0 Å². The molecule has 1 fully saturated rings. The smallest absolute Gasteiger partial charge is 0.309 e. The zero-order chi connectivity index (χ0) is 22.0. The highest BCUT2D eigenvalue weighted by Gasteiger charge is 2.41. The summed E-state index contributed by atoms with van der Waals surface area (Å²) in [5.41, 5.74) is 1.42. The highest BCUT2D eigenvalue weighted by Crippen LogP contribution is 2.48. The molecule has 1 aliphatic heterocycles. The van der Waals surface area contributed by atoms with Gasteiger partial charge in [0.15, 0.2) is 23.0 Å². The van der Waals surface area contributed by atoms with Gasteiger partial charge in [-0.1, -0.05) is 6.92 Å². The Morgan fingerprint density at radius 3 is 1.90 bits per heavy atom. The number of esters is 1. The molecule has 3 atom stereocenters. The van der Waals surface area contributed by atoms with E-state index >= 15 is 0 Å². The lowest BCUT2D eigenvalue weighted by molar-refractivity contribution is -0.140. The second kappa shape index (κ2) is 8.61. The van der Waals surface area contributed by atoms with Crippen LogP contribution in [0.15, 0.2) is 24.3 Å². The molecule has 2 aromatic rings. The van der Waals surface area contributed by atoms with E-state index in [4.69, 9.17) is 23.7 Å². The quantitative estimate of drug-likeness (QED) is 0.522. The molecular formula is C22H26O8. The van der Waals surface area contributed by atoms with Gasteiger partial charge < -0.3 is 33.9 Å². The van der Waals surface area contributed by atoms with E-state index in [1.165, 1.54) is 34.5 Å². The lowest BCUT2D eigenvalue weighted by Crippen LogP contribution is -2.22. The first-order valence-corrected chi connectivity index (χ1v) is 9.42. The van der Waals surface area contributed by atoms with Crippen molar-refractivity contribution in [1.29, 1.82) is 0 Å². The van der Waals surface area contributed by atoms with Gasteiger partial charge in [-0.05, 0) is 35.4 Å². The van der Waals surface area contributed by atoms with Crippen molar-refractivity contribution in [3.05, 3.63) is 35.4 Å². The molecule has 0 bridgehead atoms. The number of cyclic esters (lactones) is 1. The van der Waals surface area contributed by atoms with E-state index in [2.05, 4.69) is 0 Å². The van der Waals surface area contributed by atoms with E-state index in [9.17, 15) is 15.0 Å². The van der Waals surface area contributed by atoms with Crippen LogP contribution in [-0.2, 0) is 9.53 Å². The molecule has 8 nitrogen and oxygen atoms in total. The molecule has 1 aliphatic rings. The van der Waals surface area contributed by atoms with E-state index in [1.54, 1.807) is 18.2 Å². The molecule has 1 heterocycles. The molecule has 0 radical (unpaired) electrons. The Labute approximate surface area is 174 Å². The predicted octanol–water partition coefficient (Wildman–Crippen LogP) is 3.07. The van der Waals surface area contributed by atoms with Crippen LogP contribution in [0.4, 0.5) is 0 Å². The fourth-order valence-corrected chi connectivity index (χ4v) is 3.93. The zero-order valence-electron chi connectivity index (χ0n) is 17.6. The summed E-state index contributed by atoms with van der Waals surface area (Å²) in [4.78, 5) is 12.1. The van der Waals surface area contributed by atoms with Gasteiger partial charge in [0.1, 0.15) is 0 Å². The first-order valence-electron chi connectivity index (χ1n) is 9.42. The maximum absolute atomic E-state index is 12.1. The highest BCUT2D eigenvalue weighted by atomic mass is 16.5. The van der Waals surface area contributed by atoms with Crippen molar-refractivity contribution >= 4 is 5.97 Å². The number of hydrogen-bond acceptors (Lipinski definition) is 8. The number of benzene rings is 2. The zero-order valence-corrected chi connectivity index (χ0v) is 17.6. The second-order valence-electron chi connectivity index (χ2n) is 7.11. The van der Waals surface area contributed by atoms with Crippen molar-refractivity contribution in [2.45, 2.75) is 12.8 Å². The van der Waals surface area contributed by atoms with Crippen molar-refractivity contribution in [2.75, 3.05) is 35.0 Å². The summed E-state index contributed by atoms with van der Waals surface area (Å²) >= 11 is 0. The van der Waals surface area contributed by atoms with Gasteiger partial charge in [-0.3, -0.25) is 4.79 Å². The standard InChI is InChI=1S/C22H26O8/c1-11-14(10-30-22(11)25)19(12-6-15(23)20(24)16(7-12)26-2)13-8-17(27-3)21(29-5)18(9-13)28-4/h6-9,11,14,19,23-24H,10H2,1-5H3/t11-,14+,19-/m0/s1. The molecule has 30 heavy (non-hydrogen) atoms. The number of carbonyl (C=O) groups excluding carboxylic acids is 1. The third-order valence-electron chi connectivity index (χ3n) is 5.56. The lowest BCUT2D eigenvalue weighted by Gasteiger charge is -2.27. The molecule has 8 heteroatoms. The summed E-state index contributed by atoms with van der Waals surface area (Å²) in [6.07, 6.45) is 0. The van der Waals surface area contributed by atoms with Gasteiger partial charge in [0.25, 0.3) is 0 Å². The number of ether oxygens (including phenoxy) is 5. The van der Waals surface area contributed by atoms with Crippen LogP contribution >= 0.6 is 0 Å². The molecule has 0 unspecified atom stereocenters. The summed E-state index contributed by atoms with van der Waals surface area (Å²) in [5, 5.41) is 20.3. The van der Waals surface area contributed by atoms with Gasteiger partial charge in [0, 0.05) is 11.8 Å². The normalized spacial score (nSPS) is 19.2. The SMILES string of the molecule is COc1cc([C@@H](c2cc(OC)c(OC)c(OC)c2)[C@@H]2COC(=O)[C@H]2C)cc(O)c1O. The van der Waals surface area contributed by atoms with Crippen molar-refractivity contribution < 1.29 is 38.7 Å². The monoisotopic (exact) mass is 418 g/mol. The van der Waals surface area contributed by atoms with E-state index in [0.29, 0.717) is 22.8 Å². The van der Waals surface area contributed by atoms with Gasteiger partial charge in [-0.25, -0.2) is 0 Å². The molecule has 0 saturated carbocycles. The fraction of sp³-hybridized carbons (Fsp3) is 0.409. The third kappa shape index (κ3) is 3.65. The summed E-state index contributed by atoms with van der Waals surface area (Å²) in [5.74, 6) is -0.454. The molecule has 0 spiro atoms. The molecular weight excluding hydrogens is 392 g/mol. The molecule has 3 rings (SSSR count). The minimum absolute atomic E-state index is 0.125. The topological polar surface area (TPSA) is 104 Å². The summed E-state index contributed by atoms with van der Waals surface area (Å²) in [6, 6.07) is 6.70. The van der Waals surface area contributed by atoms with Crippen LogP contribution in [0.1, 0.15) is 24.0 Å². The number of phenolic OH excluding ortho intramolecular Hbond substituents is 2. The van der Waals surface area contributed by atoms with Crippen LogP contribution < -0.4 is 18.9 Å². The van der Waals surface area contributed by atoms with Gasteiger partial charge >= 0.3 is 5.97 Å². The van der Waals surface area contributed by atoms with Gasteiger partial charge in [-0.15, -0.1) is 0 Å². The van der Waals surface area contributed by atoms with Crippen LogP contribution in [-0.4, -0.2) is 51.2 Å². The Kier molecular flexibility index (Phi) is 6.14. The first-order chi connectivity index (χ1) is 14.4. The lowest BCUT2D eigenvalue weighted by atomic mass is 9.76. The molecule has 1 saturated heterocycles. The molecule has 2 N–H and O–H groups in total. The highest BCUT2D eigenvalue weighted by molar-refractivity contribution is 5.75. The number of phenols is 2.